The summed E-state index contributed by atoms with van der Waals surface area (Å²) in [4.78, 5) is 31.4. The molecule has 1 aromatic heterocycles. The minimum absolute atomic E-state index is 0.165. The van der Waals surface area contributed by atoms with Crippen molar-refractivity contribution in [2.24, 2.45) is 5.73 Å². The van der Waals surface area contributed by atoms with Gasteiger partial charge in [0.05, 0.1) is 11.9 Å². The van der Waals surface area contributed by atoms with Crippen LogP contribution in [-0.4, -0.2) is 21.4 Å². The number of fused-ring (bicyclic) bond motifs is 1. The predicted octanol–water partition coefficient (Wildman–Crippen LogP) is 4.23. The number of amides is 2. The molecule has 29 heavy (non-hydrogen) atoms. The van der Waals surface area contributed by atoms with Crippen LogP contribution >= 0.6 is 23.2 Å². The lowest BCUT2D eigenvalue weighted by Gasteiger charge is -2.26. The molecule has 1 aliphatic heterocycles. The van der Waals surface area contributed by atoms with E-state index in [1.807, 2.05) is 31.2 Å². The van der Waals surface area contributed by atoms with Crippen molar-refractivity contribution in [2.75, 3.05) is 4.90 Å². The van der Waals surface area contributed by atoms with Gasteiger partial charge in [0, 0.05) is 16.5 Å². The van der Waals surface area contributed by atoms with E-state index < -0.39 is 11.4 Å². The van der Waals surface area contributed by atoms with Crippen LogP contribution in [0.5, 0.6) is 0 Å². The van der Waals surface area contributed by atoms with Crippen LogP contribution in [0.15, 0.2) is 48.7 Å². The highest BCUT2D eigenvalue weighted by atomic mass is 35.5. The summed E-state index contributed by atoms with van der Waals surface area (Å²) in [6, 6.07) is 12.7. The molecule has 0 saturated heterocycles. The number of primary amides is 1. The summed E-state index contributed by atoms with van der Waals surface area (Å²) in [5.74, 6) is -0.601. The van der Waals surface area contributed by atoms with Crippen LogP contribution in [0.2, 0.25) is 10.0 Å². The minimum Gasteiger partial charge on any atom is -0.364 e. The zero-order valence-electron chi connectivity index (χ0n) is 15.8. The number of aryl methyl sites for hydroxylation is 1. The van der Waals surface area contributed by atoms with Crippen LogP contribution in [0.4, 0.5) is 11.6 Å². The number of rotatable bonds is 4. The fourth-order valence-corrected chi connectivity index (χ4v) is 4.26. The van der Waals surface area contributed by atoms with Gasteiger partial charge in [0.25, 0.3) is 11.8 Å². The Labute approximate surface area is 177 Å². The molecule has 2 heterocycles. The Hall–Kier alpha value is -2.83. The van der Waals surface area contributed by atoms with Gasteiger partial charge in [-0.05, 0) is 37.6 Å². The third-order valence-corrected chi connectivity index (χ3v) is 5.56. The number of hydrogen-bond donors (Lipinski definition) is 1. The number of carbonyl (C=O) groups is 2. The number of carbonyl (C=O) groups excluding carboxylic acids is 2. The maximum atomic E-state index is 13.6. The summed E-state index contributed by atoms with van der Waals surface area (Å²) < 4.78 is 1.60. The number of nitrogens with zero attached hydrogens (tertiary/aromatic N) is 3. The molecule has 0 saturated carbocycles. The lowest BCUT2D eigenvalue weighted by atomic mass is 9.91. The molecule has 0 fully saturated rings. The van der Waals surface area contributed by atoms with Gasteiger partial charge in [-0.3, -0.25) is 14.2 Å². The summed E-state index contributed by atoms with van der Waals surface area (Å²) in [6.07, 6.45) is 1.75. The van der Waals surface area contributed by atoms with Crippen molar-refractivity contribution in [3.05, 3.63) is 75.5 Å². The number of nitrogens with two attached hydrogens (primary N) is 1. The molecule has 4 rings (SSSR count). The Bertz CT molecular complexity index is 1120. The number of benzene rings is 2. The number of hydrogen-bond acceptors (Lipinski definition) is 3. The second-order valence-corrected chi connectivity index (χ2v) is 8.22. The van der Waals surface area contributed by atoms with E-state index in [1.54, 1.807) is 29.7 Å². The van der Waals surface area contributed by atoms with E-state index in [9.17, 15) is 9.59 Å². The third-order valence-electron chi connectivity index (χ3n) is 5.13. The monoisotopic (exact) mass is 428 g/mol. The van der Waals surface area contributed by atoms with Gasteiger partial charge < -0.3 is 5.73 Å². The highest BCUT2D eigenvalue weighted by Crippen LogP contribution is 2.43. The molecule has 6 nitrogen and oxygen atoms in total. The molecule has 8 heteroatoms. The van der Waals surface area contributed by atoms with Gasteiger partial charge in [-0.2, -0.15) is 0 Å². The standard InChI is InChI=1S/C21H18Cl2N4O2/c1-12-3-5-13(6-4-12)10-21(2)19(29)26(16-8-14(22)7-15(23)9-16)20-25-11-17(18(24)28)27(20)21/h3-9,11H,10H2,1-2H3,(H2,24,28)/t21-/m1/s1. The van der Waals surface area contributed by atoms with Gasteiger partial charge >= 0.3 is 0 Å². The number of aromatic nitrogens is 2. The quantitative estimate of drug-likeness (QED) is 0.674. The first kappa shape index (κ1) is 19.5. The second kappa shape index (κ2) is 6.90. The van der Waals surface area contributed by atoms with Crippen molar-refractivity contribution < 1.29 is 9.59 Å². The van der Waals surface area contributed by atoms with Crippen molar-refractivity contribution >= 4 is 46.7 Å². The zero-order chi connectivity index (χ0) is 20.9. The van der Waals surface area contributed by atoms with Gasteiger partial charge in [0.15, 0.2) is 0 Å². The smallest absolute Gasteiger partial charge is 0.267 e. The first-order chi connectivity index (χ1) is 13.7. The highest BCUT2D eigenvalue weighted by molar-refractivity contribution is 6.35. The Morgan fingerprint density at radius 1 is 1.14 bits per heavy atom. The molecular formula is C21H18Cl2N4O2. The van der Waals surface area contributed by atoms with Crippen molar-refractivity contribution in [1.29, 1.82) is 0 Å². The first-order valence-electron chi connectivity index (χ1n) is 8.95. The van der Waals surface area contributed by atoms with E-state index in [2.05, 4.69) is 4.98 Å². The highest BCUT2D eigenvalue weighted by Gasteiger charge is 2.50. The molecule has 1 atom stereocenters. The molecule has 0 aliphatic carbocycles. The molecule has 2 N–H and O–H groups in total. The van der Waals surface area contributed by atoms with E-state index in [1.165, 1.54) is 11.1 Å². The molecule has 0 spiro atoms. The van der Waals surface area contributed by atoms with E-state index in [0.717, 1.165) is 11.1 Å². The van der Waals surface area contributed by atoms with Gasteiger partial charge in [-0.25, -0.2) is 9.88 Å². The lowest BCUT2D eigenvalue weighted by molar-refractivity contribution is -0.123. The summed E-state index contributed by atoms with van der Waals surface area (Å²) in [5, 5.41) is 0.779. The van der Waals surface area contributed by atoms with Crippen LogP contribution in [0.3, 0.4) is 0 Å². The van der Waals surface area contributed by atoms with Crippen molar-refractivity contribution in [2.45, 2.75) is 25.8 Å². The van der Waals surface area contributed by atoms with Crippen molar-refractivity contribution in [1.82, 2.24) is 9.55 Å². The van der Waals surface area contributed by atoms with Crippen molar-refractivity contribution in [3.63, 3.8) is 0 Å². The first-order valence-corrected chi connectivity index (χ1v) is 9.70. The summed E-state index contributed by atoms with van der Waals surface area (Å²) in [5.41, 5.74) is 7.18. The zero-order valence-corrected chi connectivity index (χ0v) is 17.3. The van der Waals surface area contributed by atoms with Crippen LogP contribution in [0.1, 0.15) is 28.5 Å². The van der Waals surface area contributed by atoms with E-state index in [0.29, 0.717) is 28.1 Å². The fourth-order valence-electron chi connectivity index (χ4n) is 3.75. The second-order valence-electron chi connectivity index (χ2n) is 7.35. The topological polar surface area (TPSA) is 81.2 Å². The van der Waals surface area contributed by atoms with Crippen LogP contribution in [0, 0.1) is 6.92 Å². The maximum absolute atomic E-state index is 13.6. The molecule has 2 aromatic carbocycles. The summed E-state index contributed by atoms with van der Waals surface area (Å²) >= 11 is 12.3. The number of imidazole rings is 1. The van der Waals surface area contributed by atoms with Crippen LogP contribution < -0.4 is 10.6 Å². The normalized spacial score (nSPS) is 18.2. The lowest BCUT2D eigenvalue weighted by Crippen LogP contribution is -2.42. The summed E-state index contributed by atoms with van der Waals surface area (Å²) in [6.45, 7) is 3.77. The predicted molar refractivity (Wildman–Crippen MR) is 113 cm³/mol. The molecular weight excluding hydrogens is 411 g/mol. The average molecular weight is 429 g/mol. The molecule has 3 aromatic rings. The molecule has 148 valence electrons. The van der Waals surface area contributed by atoms with Gasteiger partial charge in [-0.15, -0.1) is 0 Å². The van der Waals surface area contributed by atoms with Gasteiger partial charge in [0.2, 0.25) is 5.95 Å². The van der Waals surface area contributed by atoms with E-state index >= 15 is 0 Å². The summed E-state index contributed by atoms with van der Waals surface area (Å²) in [7, 11) is 0. The molecule has 0 unspecified atom stereocenters. The van der Waals surface area contributed by atoms with Crippen LogP contribution in [-0.2, 0) is 16.8 Å². The van der Waals surface area contributed by atoms with Crippen LogP contribution in [0.25, 0.3) is 0 Å². The Kier molecular flexibility index (Phi) is 4.63. The molecule has 0 radical (unpaired) electrons. The van der Waals surface area contributed by atoms with E-state index in [-0.39, 0.29) is 11.6 Å². The number of anilines is 2. The fraction of sp³-hybridized carbons (Fsp3) is 0.190. The van der Waals surface area contributed by atoms with Crippen molar-refractivity contribution in [3.8, 4) is 0 Å². The Balaban J connectivity index is 1.89. The molecule has 0 bridgehead atoms. The van der Waals surface area contributed by atoms with Gasteiger partial charge in [-0.1, -0.05) is 53.0 Å². The molecule has 2 amide bonds. The molecule has 1 aliphatic rings. The minimum atomic E-state index is -1.10. The Morgan fingerprint density at radius 2 is 1.76 bits per heavy atom. The maximum Gasteiger partial charge on any atom is 0.267 e. The third kappa shape index (κ3) is 3.18. The SMILES string of the molecule is Cc1ccc(C[C@]2(C)C(=O)N(c3cc(Cl)cc(Cl)c3)c3ncc(C(N)=O)n32)cc1. The largest absolute Gasteiger partial charge is 0.364 e. The van der Waals surface area contributed by atoms with E-state index in [4.69, 9.17) is 28.9 Å². The number of halogens is 2. The van der Waals surface area contributed by atoms with Gasteiger partial charge in [0.1, 0.15) is 11.2 Å². The Morgan fingerprint density at radius 3 is 2.34 bits per heavy atom. The average Bonchev–Trinajstić information content (AvgIpc) is 3.16.